The zero-order chi connectivity index (χ0) is 13.2. The third kappa shape index (κ3) is 2.37. The van der Waals surface area contributed by atoms with Crippen LogP contribution in [0.5, 0.6) is 0 Å². The van der Waals surface area contributed by atoms with Gasteiger partial charge in [0.25, 0.3) is 0 Å². The predicted octanol–water partition coefficient (Wildman–Crippen LogP) is 2.88. The summed E-state index contributed by atoms with van der Waals surface area (Å²) in [6, 6.07) is 0.620. The van der Waals surface area contributed by atoms with Gasteiger partial charge < -0.3 is 10.2 Å². The van der Waals surface area contributed by atoms with Gasteiger partial charge >= 0.3 is 0 Å². The first-order chi connectivity index (χ1) is 9.31. The Balaban J connectivity index is 1.92. The fraction of sp³-hybridized carbons (Fsp3) is 0.643. The average Bonchev–Trinajstić information content (AvgIpc) is 3.06. The Labute approximate surface area is 118 Å². The molecule has 3 rings (SSSR count). The van der Waals surface area contributed by atoms with E-state index in [1.165, 1.54) is 30.8 Å². The maximum Gasteiger partial charge on any atom is 0.195 e. The van der Waals surface area contributed by atoms with Crippen molar-refractivity contribution in [3.05, 3.63) is 17.3 Å². The van der Waals surface area contributed by atoms with Crippen molar-refractivity contribution in [1.29, 1.82) is 0 Å². The van der Waals surface area contributed by atoms with Crippen molar-refractivity contribution in [1.82, 2.24) is 14.7 Å². The monoisotopic (exact) mass is 278 g/mol. The Bertz CT molecular complexity index is 545. The first-order valence-corrected chi connectivity index (χ1v) is 8.11. The molecule has 2 aromatic heterocycles. The molecule has 0 spiro atoms. The number of aromatic nitrogens is 2. The molecule has 104 valence electrons. The number of nitrogens with zero attached hydrogens (tertiary/aromatic N) is 3. The van der Waals surface area contributed by atoms with E-state index < -0.39 is 0 Å². The lowest BCUT2D eigenvalue weighted by Gasteiger charge is -2.22. The highest BCUT2D eigenvalue weighted by atomic mass is 32.1. The summed E-state index contributed by atoms with van der Waals surface area (Å²) < 4.78 is 2.24. The predicted molar refractivity (Wildman–Crippen MR) is 81.1 cm³/mol. The van der Waals surface area contributed by atoms with Gasteiger partial charge in [0.2, 0.25) is 0 Å². The van der Waals surface area contributed by atoms with Crippen molar-refractivity contribution >= 4 is 22.1 Å². The zero-order valence-corrected chi connectivity index (χ0v) is 12.5. The summed E-state index contributed by atoms with van der Waals surface area (Å²) >= 11 is 1.72. The molecule has 1 aliphatic rings. The number of hydrogen-bond donors (Lipinski definition) is 1. The first kappa shape index (κ1) is 12.9. The second-order valence-electron chi connectivity index (χ2n) is 5.30. The summed E-state index contributed by atoms with van der Waals surface area (Å²) in [6.45, 7) is 7.63. The van der Waals surface area contributed by atoms with Crippen LogP contribution in [0.3, 0.4) is 0 Å². The van der Waals surface area contributed by atoms with E-state index >= 15 is 0 Å². The van der Waals surface area contributed by atoms with Gasteiger partial charge in [-0.3, -0.25) is 4.40 Å². The quantitative estimate of drug-likeness (QED) is 0.854. The van der Waals surface area contributed by atoms with E-state index in [0.29, 0.717) is 6.04 Å². The van der Waals surface area contributed by atoms with E-state index in [4.69, 9.17) is 4.98 Å². The van der Waals surface area contributed by atoms with Gasteiger partial charge in [-0.25, -0.2) is 4.98 Å². The highest BCUT2D eigenvalue weighted by Gasteiger charge is 2.26. The number of fused-ring (bicyclic) bond motifs is 1. The van der Waals surface area contributed by atoms with Gasteiger partial charge in [0.15, 0.2) is 10.8 Å². The molecule has 19 heavy (non-hydrogen) atoms. The minimum atomic E-state index is 0.620. The van der Waals surface area contributed by atoms with Crippen molar-refractivity contribution in [2.24, 2.45) is 0 Å². The van der Waals surface area contributed by atoms with Crippen LogP contribution in [-0.4, -0.2) is 28.5 Å². The van der Waals surface area contributed by atoms with Gasteiger partial charge in [-0.05, 0) is 32.7 Å². The molecule has 1 atom stereocenters. The van der Waals surface area contributed by atoms with Gasteiger partial charge in [-0.2, -0.15) is 0 Å². The molecule has 4 nitrogen and oxygen atoms in total. The van der Waals surface area contributed by atoms with E-state index in [2.05, 4.69) is 40.0 Å². The number of hydrogen-bond acceptors (Lipinski definition) is 4. The van der Waals surface area contributed by atoms with Crippen molar-refractivity contribution in [2.75, 3.05) is 18.0 Å². The molecule has 1 saturated heterocycles. The molecule has 5 heteroatoms. The molecule has 1 fully saturated rings. The summed E-state index contributed by atoms with van der Waals surface area (Å²) in [5.41, 5.74) is 1.32. The van der Waals surface area contributed by atoms with E-state index in [0.717, 1.165) is 24.6 Å². The lowest BCUT2D eigenvalue weighted by molar-refractivity contribution is 0.654. The van der Waals surface area contributed by atoms with Crippen molar-refractivity contribution < 1.29 is 0 Å². The maximum atomic E-state index is 4.85. The second kappa shape index (κ2) is 5.51. The largest absolute Gasteiger partial charge is 0.352 e. The Morgan fingerprint density at radius 2 is 2.42 bits per heavy atom. The SMILES string of the molecule is CCCNCc1c(N2CCCC2C)nc2sccn12. The molecular weight excluding hydrogens is 256 g/mol. The smallest absolute Gasteiger partial charge is 0.195 e. The minimum Gasteiger partial charge on any atom is -0.352 e. The lowest BCUT2D eigenvalue weighted by atomic mass is 10.2. The second-order valence-corrected chi connectivity index (χ2v) is 6.17. The normalized spacial score (nSPS) is 19.7. The zero-order valence-electron chi connectivity index (χ0n) is 11.7. The summed E-state index contributed by atoms with van der Waals surface area (Å²) in [5, 5.41) is 5.63. The van der Waals surface area contributed by atoms with Gasteiger partial charge in [-0.15, -0.1) is 11.3 Å². The molecule has 0 radical (unpaired) electrons. The molecule has 1 aliphatic heterocycles. The Morgan fingerprint density at radius 3 is 3.16 bits per heavy atom. The Hall–Kier alpha value is -1.07. The van der Waals surface area contributed by atoms with E-state index in [9.17, 15) is 0 Å². The molecule has 0 amide bonds. The van der Waals surface area contributed by atoms with Crippen LogP contribution in [0.15, 0.2) is 11.6 Å². The third-order valence-electron chi connectivity index (χ3n) is 3.88. The maximum absolute atomic E-state index is 4.85. The van der Waals surface area contributed by atoms with Crippen LogP contribution in [0.4, 0.5) is 5.82 Å². The molecule has 0 bridgehead atoms. The van der Waals surface area contributed by atoms with Crippen molar-refractivity contribution in [3.63, 3.8) is 0 Å². The molecule has 0 aromatic carbocycles. The van der Waals surface area contributed by atoms with Gasteiger partial charge in [0, 0.05) is 30.7 Å². The molecule has 3 heterocycles. The molecule has 0 aliphatic carbocycles. The van der Waals surface area contributed by atoms with Gasteiger partial charge in [0.05, 0.1) is 5.69 Å². The van der Waals surface area contributed by atoms with E-state index in [1.54, 1.807) is 11.3 Å². The molecule has 1 N–H and O–H groups in total. The Morgan fingerprint density at radius 1 is 1.53 bits per heavy atom. The average molecular weight is 278 g/mol. The lowest BCUT2D eigenvalue weighted by Crippen LogP contribution is -2.28. The van der Waals surface area contributed by atoms with Crippen LogP contribution < -0.4 is 10.2 Å². The molecule has 1 unspecified atom stereocenters. The van der Waals surface area contributed by atoms with Crippen LogP contribution in [0.25, 0.3) is 4.96 Å². The summed E-state index contributed by atoms with van der Waals surface area (Å²) in [7, 11) is 0. The standard InChI is InChI=1S/C14H22N4S/c1-3-6-15-10-12-13(17-7-4-5-11(17)2)16-14-18(12)8-9-19-14/h8-9,11,15H,3-7,10H2,1-2H3. The van der Waals surface area contributed by atoms with E-state index in [1.807, 2.05) is 0 Å². The number of anilines is 1. The first-order valence-electron chi connectivity index (χ1n) is 7.23. The number of thiazole rings is 1. The number of imidazole rings is 1. The van der Waals surface area contributed by atoms with Crippen LogP contribution in [0, 0.1) is 0 Å². The van der Waals surface area contributed by atoms with Crippen LogP contribution in [0.1, 0.15) is 38.8 Å². The highest BCUT2D eigenvalue weighted by Crippen LogP contribution is 2.30. The fourth-order valence-corrected chi connectivity index (χ4v) is 3.57. The number of rotatable bonds is 5. The van der Waals surface area contributed by atoms with Crippen molar-refractivity contribution in [3.8, 4) is 0 Å². The third-order valence-corrected chi connectivity index (χ3v) is 4.64. The molecular formula is C14H22N4S. The summed E-state index contributed by atoms with van der Waals surface area (Å²) in [5.74, 6) is 1.19. The van der Waals surface area contributed by atoms with E-state index in [-0.39, 0.29) is 0 Å². The summed E-state index contributed by atoms with van der Waals surface area (Å²) in [4.78, 5) is 8.44. The molecule has 0 saturated carbocycles. The van der Waals surface area contributed by atoms with Crippen LogP contribution in [0.2, 0.25) is 0 Å². The topological polar surface area (TPSA) is 32.6 Å². The minimum absolute atomic E-state index is 0.620. The van der Waals surface area contributed by atoms with Crippen molar-refractivity contribution in [2.45, 2.75) is 45.7 Å². The van der Waals surface area contributed by atoms with Gasteiger partial charge in [-0.1, -0.05) is 6.92 Å². The number of nitrogens with one attached hydrogen (secondary N) is 1. The Kier molecular flexibility index (Phi) is 3.75. The van der Waals surface area contributed by atoms with Gasteiger partial charge in [0.1, 0.15) is 0 Å². The fourth-order valence-electron chi connectivity index (χ4n) is 2.85. The van der Waals surface area contributed by atoms with Crippen LogP contribution in [-0.2, 0) is 6.54 Å². The summed E-state index contributed by atoms with van der Waals surface area (Å²) in [6.07, 6.45) is 5.88. The van der Waals surface area contributed by atoms with Crippen LogP contribution >= 0.6 is 11.3 Å². The highest BCUT2D eigenvalue weighted by molar-refractivity contribution is 7.15. The molecule has 2 aromatic rings.